The minimum atomic E-state index is -3.51. The molecule has 2 heterocycles. The summed E-state index contributed by atoms with van der Waals surface area (Å²) in [7, 11) is -0.521. The molecule has 1 aliphatic heterocycles. The van der Waals surface area contributed by atoms with Gasteiger partial charge < -0.3 is 5.32 Å². The normalized spacial score (nSPS) is 18.3. The van der Waals surface area contributed by atoms with Gasteiger partial charge in [-0.15, -0.1) is 10.2 Å². The van der Waals surface area contributed by atoms with Gasteiger partial charge in [0.1, 0.15) is 0 Å². The number of thioether (sulfide) groups is 1. The van der Waals surface area contributed by atoms with Crippen molar-refractivity contribution in [2.75, 3.05) is 32.5 Å². The Morgan fingerprint density at radius 1 is 1.32 bits per heavy atom. The van der Waals surface area contributed by atoms with Gasteiger partial charge in [-0.3, -0.25) is 4.79 Å². The molecule has 11 heteroatoms. The number of piperidine rings is 1. The van der Waals surface area contributed by atoms with E-state index < -0.39 is 16.1 Å². The monoisotopic (exact) mass is 441 g/mol. The Morgan fingerprint density at radius 2 is 2.07 bits per heavy atom. The lowest BCUT2D eigenvalue weighted by Gasteiger charge is -2.32. The number of carbonyl (C=O) groups is 1. The van der Waals surface area contributed by atoms with Crippen molar-refractivity contribution in [3.05, 3.63) is 35.9 Å². The van der Waals surface area contributed by atoms with E-state index in [1.807, 2.05) is 30.3 Å². The average Bonchev–Trinajstić information content (AvgIpc) is 3.14. The minimum absolute atomic E-state index is 0.181. The number of nitrogens with one attached hydrogen (secondary N) is 1. The quantitative estimate of drug-likeness (QED) is 0.523. The highest BCUT2D eigenvalue weighted by atomic mass is 32.2. The van der Waals surface area contributed by atoms with Gasteiger partial charge in [-0.2, -0.15) is 17.0 Å². The fourth-order valence-corrected chi connectivity index (χ4v) is 5.74. The van der Waals surface area contributed by atoms with Crippen LogP contribution in [-0.2, 0) is 20.8 Å². The molecule has 0 bridgehead atoms. The van der Waals surface area contributed by atoms with Crippen LogP contribution >= 0.6 is 23.1 Å². The van der Waals surface area contributed by atoms with Crippen molar-refractivity contribution < 1.29 is 13.2 Å². The molecule has 1 aliphatic rings. The Bertz CT molecular complexity index is 902. The summed E-state index contributed by atoms with van der Waals surface area (Å²) in [5.41, 5.74) is 1.19. The van der Waals surface area contributed by atoms with E-state index in [1.54, 1.807) is 11.8 Å². The van der Waals surface area contributed by atoms with Gasteiger partial charge in [0.2, 0.25) is 11.0 Å². The van der Waals surface area contributed by atoms with Crippen LogP contribution in [0.2, 0.25) is 0 Å². The zero-order valence-corrected chi connectivity index (χ0v) is 18.2. The number of aromatic nitrogens is 2. The molecule has 3 rings (SSSR count). The molecule has 0 aliphatic carbocycles. The van der Waals surface area contributed by atoms with E-state index in [4.69, 9.17) is 0 Å². The van der Waals surface area contributed by atoms with Gasteiger partial charge in [0.05, 0.1) is 5.92 Å². The van der Waals surface area contributed by atoms with Crippen LogP contribution in [0, 0.1) is 5.92 Å². The number of hydrogen-bond acceptors (Lipinski definition) is 7. The number of amides is 1. The standard InChI is InChI=1S/C17H23N5O3S3/c1-21(2)28(24,25)22-10-6-9-14(11-22)15(23)18-16-19-20-17(27-16)26-12-13-7-4-3-5-8-13/h3-5,7-8,14H,6,9-12H2,1-2H3,(H,18,19,23)/t14-/m1/s1. The Balaban J connectivity index is 1.55. The third kappa shape index (κ3) is 5.29. The predicted octanol–water partition coefficient (Wildman–Crippen LogP) is 2.29. The maximum atomic E-state index is 12.6. The molecule has 1 atom stereocenters. The van der Waals surface area contributed by atoms with Gasteiger partial charge in [0, 0.05) is 32.9 Å². The first kappa shape index (κ1) is 21.2. The largest absolute Gasteiger partial charge is 0.300 e. The first-order chi connectivity index (χ1) is 13.4. The Kier molecular flexibility index (Phi) is 7.05. The highest BCUT2D eigenvalue weighted by Crippen LogP contribution is 2.29. The van der Waals surface area contributed by atoms with Crippen LogP contribution in [0.5, 0.6) is 0 Å². The smallest absolute Gasteiger partial charge is 0.281 e. The molecular formula is C17H23N5O3S3. The van der Waals surface area contributed by atoms with Crippen LogP contribution in [0.1, 0.15) is 18.4 Å². The van der Waals surface area contributed by atoms with Crippen LogP contribution in [-0.4, -0.2) is 60.3 Å². The summed E-state index contributed by atoms with van der Waals surface area (Å²) in [5.74, 6) is 0.172. The van der Waals surface area contributed by atoms with Gasteiger partial charge in [0.15, 0.2) is 4.34 Å². The number of carbonyl (C=O) groups excluding carboxylic acids is 1. The number of benzene rings is 1. The highest BCUT2D eigenvalue weighted by Gasteiger charge is 2.33. The van der Waals surface area contributed by atoms with Crippen molar-refractivity contribution in [1.82, 2.24) is 18.8 Å². The third-order valence-electron chi connectivity index (χ3n) is 4.38. The molecule has 1 aromatic heterocycles. The van der Waals surface area contributed by atoms with Gasteiger partial charge in [-0.1, -0.05) is 53.4 Å². The molecule has 2 aromatic rings. The van der Waals surface area contributed by atoms with E-state index in [0.717, 1.165) is 10.1 Å². The predicted molar refractivity (Wildman–Crippen MR) is 111 cm³/mol. The van der Waals surface area contributed by atoms with Crippen LogP contribution in [0.25, 0.3) is 0 Å². The molecule has 28 heavy (non-hydrogen) atoms. The topological polar surface area (TPSA) is 95.5 Å². The van der Waals surface area contributed by atoms with Gasteiger partial charge >= 0.3 is 0 Å². The van der Waals surface area contributed by atoms with E-state index in [2.05, 4.69) is 15.5 Å². The van der Waals surface area contributed by atoms with Crippen LogP contribution < -0.4 is 5.32 Å². The highest BCUT2D eigenvalue weighted by molar-refractivity contribution is 8.00. The number of nitrogens with zero attached hydrogens (tertiary/aromatic N) is 4. The molecular weight excluding hydrogens is 418 g/mol. The SMILES string of the molecule is CN(C)S(=O)(=O)N1CCC[C@@H](C(=O)Nc2nnc(SCc3ccccc3)s2)C1. The summed E-state index contributed by atoms with van der Waals surface area (Å²) in [6, 6.07) is 10.1. The first-order valence-electron chi connectivity index (χ1n) is 8.85. The number of anilines is 1. The van der Waals surface area contributed by atoms with Gasteiger partial charge in [0.25, 0.3) is 10.2 Å². The van der Waals surface area contributed by atoms with Crippen molar-refractivity contribution in [3.8, 4) is 0 Å². The van der Waals surface area contributed by atoms with Gasteiger partial charge in [-0.25, -0.2) is 0 Å². The lowest BCUT2D eigenvalue weighted by molar-refractivity contribution is -0.120. The average molecular weight is 442 g/mol. The van der Waals surface area contributed by atoms with Crippen LogP contribution in [0.15, 0.2) is 34.7 Å². The number of rotatable bonds is 7. The second kappa shape index (κ2) is 9.31. The molecule has 152 valence electrons. The molecule has 0 spiro atoms. The fourth-order valence-electron chi connectivity index (χ4n) is 2.84. The summed E-state index contributed by atoms with van der Waals surface area (Å²) in [5, 5.41) is 11.4. The lowest BCUT2D eigenvalue weighted by Crippen LogP contribution is -2.47. The second-order valence-electron chi connectivity index (χ2n) is 6.62. The Morgan fingerprint density at radius 3 is 2.79 bits per heavy atom. The van der Waals surface area contributed by atoms with E-state index in [1.165, 1.54) is 39.6 Å². The van der Waals surface area contributed by atoms with Crippen molar-refractivity contribution in [1.29, 1.82) is 0 Å². The summed E-state index contributed by atoms with van der Waals surface area (Å²) >= 11 is 2.89. The molecule has 1 aromatic carbocycles. The zero-order chi connectivity index (χ0) is 20.1. The first-order valence-corrected chi connectivity index (χ1v) is 12.0. The molecule has 1 amide bonds. The minimum Gasteiger partial charge on any atom is -0.300 e. The maximum absolute atomic E-state index is 12.6. The van der Waals surface area contributed by atoms with Crippen molar-refractivity contribution in [2.24, 2.45) is 5.92 Å². The second-order valence-corrected chi connectivity index (χ2v) is 11.0. The fraction of sp³-hybridized carbons (Fsp3) is 0.471. The van der Waals surface area contributed by atoms with Crippen LogP contribution in [0.4, 0.5) is 5.13 Å². The van der Waals surface area contributed by atoms with Gasteiger partial charge in [-0.05, 0) is 18.4 Å². The van der Waals surface area contributed by atoms with E-state index in [0.29, 0.717) is 24.5 Å². The van der Waals surface area contributed by atoms with E-state index >= 15 is 0 Å². The Hall–Kier alpha value is -1.53. The number of hydrogen-bond donors (Lipinski definition) is 1. The molecule has 1 N–H and O–H groups in total. The molecule has 1 saturated heterocycles. The lowest BCUT2D eigenvalue weighted by atomic mass is 9.99. The van der Waals surface area contributed by atoms with Crippen LogP contribution in [0.3, 0.4) is 0 Å². The summed E-state index contributed by atoms with van der Waals surface area (Å²) in [6.07, 6.45) is 1.30. The molecule has 0 unspecified atom stereocenters. The molecule has 1 fully saturated rings. The molecule has 0 saturated carbocycles. The molecule has 8 nitrogen and oxygen atoms in total. The third-order valence-corrected chi connectivity index (χ3v) is 8.33. The van der Waals surface area contributed by atoms with Crippen molar-refractivity contribution >= 4 is 44.3 Å². The molecule has 0 radical (unpaired) electrons. The van der Waals surface area contributed by atoms with Crippen molar-refractivity contribution in [3.63, 3.8) is 0 Å². The Labute approximate surface area is 173 Å². The summed E-state index contributed by atoms with van der Waals surface area (Å²) in [4.78, 5) is 12.6. The maximum Gasteiger partial charge on any atom is 0.281 e. The summed E-state index contributed by atoms with van der Waals surface area (Å²) in [6.45, 7) is 0.615. The zero-order valence-electron chi connectivity index (χ0n) is 15.7. The summed E-state index contributed by atoms with van der Waals surface area (Å²) < 4.78 is 27.9. The van der Waals surface area contributed by atoms with E-state index in [9.17, 15) is 13.2 Å². The van der Waals surface area contributed by atoms with E-state index in [-0.39, 0.29) is 12.5 Å². The van der Waals surface area contributed by atoms with Crippen molar-refractivity contribution in [2.45, 2.75) is 22.9 Å².